The highest BCUT2D eigenvalue weighted by molar-refractivity contribution is 5.98. The van der Waals surface area contributed by atoms with Crippen molar-refractivity contribution in [1.29, 1.82) is 0 Å². The van der Waals surface area contributed by atoms with Gasteiger partial charge in [0.1, 0.15) is 35.9 Å². The number of benzene rings is 1. The molecule has 1 aromatic carbocycles. The van der Waals surface area contributed by atoms with Crippen LogP contribution < -0.4 is 14.8 Å². The van der Waals surface area contributed by atoms with Crippen LogP contribution in [0.4, 0.5) is 0 Å². The third kappa shape index (κ3) is 6.07. The van der Waals surface area contributed by atoms with Crippen LogP contribution in [0.3, 0.4) is 0 Å². The Kier molecular flexibility index (Phi) is 8.50. The first-order valence-electron chi connectivity index (χ1n) is 12.2. The van der Waals surface area contributed by atoms with E-state index in [2.05, 4.69) is 10.3 Å². The summed E-state index contributed by atoms with van der Waals surface area (Å²) in [4.78, 5) is 24.9. The number of fused-ring (bicyclic) bond motifs is 1. The Morgan fingerprint density at radius 1 is 1.14 bits per heavy atom. The van der Waals surface area contributed by atoms with E-state index in [9.17, 15) is 4.79 Å². The largest absolute Gasteiger partial charge is 0.490 e. The van der Waals surface area contributed by atoms with Crippen LogP contribution in [0, 0.1) is 0 Å². The lowest BCUT2D eigenvalue weighted by atomic mass is 10.0. The lowest BCUT2D eigenvalue weighted by Crippen LogP contribution is -2.51. The lowest BCUT2D eigenvalue weighted by Gasteiger charge is -2.37. The van der Waals surface area contributed by atoms with Crippen molar-refractivity contribution in [2.75, 3.05) is 33.4 Å². The molecule has 35 heavy (non-hydrogen) atoms. The number of carbonyl (C=O) groups is 1. The fraction of sp³-hybridized carbons (Fsp3) is 0.444. The molecule has 1 aliphatic rings. The van der Waals surface area contributed by atoms with Crippen molar-refractivity contribution >= 4 is 16.8 Å². The summed E-state index contributed by atoms with van der Waals surface area (Å²) in [6, 6.07) is 13.3. The van der Waals surface area contributed by atoms with Gasteiger partial charge in [-0.1, -0.05) is 12.1 Å². The highest BCUT2D eigenvalue weighted by Crippen LogP contribution is 2.33. The molecule has 4 rings (SSSR count). The van der Waals surface area contributed by atoms with Crippen molar-refractivity contribution in [3.8, 4) is 11.5 Å². The minimum atomic E-state index is -0.105. The van der Waals surface area contributed by atoms with E-state index in [1.165, 1.54) is 0 Å². The van der Waals surface area contributed by atoms with Crippen molar-refractivity contribution < 1.29 is 19.0 Å². The third-order valence-corrected chi connectivity index (χ3v) is 6.09. The van der Waals surface area contributed by atoms with Crippen LogP contribution in [0.2, 0.25) is 0 Å². The summed E-state index contributed by atoms with van der Waals surface area (Å²) in [6.45, 7) is 6.96. The molecule has 2 aromatic heterocycles. The number of amides is 1. The molecule has 0 bridgehead atoms. The van der Waals surface area contributed by atoms with Crippen LogP contribution in [0.1, 0.15) is 42.9 Å². The topological polar surface area (TPSA) is 85.8 Å². The highest BCUT2D eigenvalue weighted by Gasteiger charge is 2.30. The molecule has 3 heterocycles. The number of methoxy groups -OCH3 is 1. The van der Waals surface area contributed by atoms with Crippen molar-refractivity contribution in [2.45, 2.75) is 45.4 Å². The van der Waals surface area contributed by atoms with Crippen molar-refractivity contribution in [3.05, 3.63) is 60.0 Å². The molecule has 1 amide bonds. The van der Waals surface area contributed by atoms with Crippen LogP contribution >= 0.6 is 0 Å². The van der Waals surface area contributed by atoms with E-state index in [1.807, 2.05) is 55.1 Å². The number of nitrogens with zero attached hydrogens (tertiary/aromatic N) is 3. The first kappa shape index (κ1) is 24.9. The van der Waals surface area contributed by atoms with Gasteiger partial charge in [-0.05, 0) is 57.5 Å². The van der Waals surface area contributed by atoms with Crippen LogP contribution in [0.5, 0.6) is 11.5 Å². The predicted molar refractivity (Wildman–Crippen MR) is 135 cm³/mol. The Morgan fingerprint density at radius 3 is 2.74 bits per heavy atom. The average molecular weight is 479 g/mol. The van der Waals surface area contributed by atoms with Crippen LogP contribution in [-0.2, 0) is 11.3 Å². The summed E-state index contributed by atoms with van der Waals surface area (Å²) < 4.78 is 17.3. The fourth-order valence-electron chi connectivity index (χ4n) is 4.43. The van der Waals surface area contributed by atoms with Gasteiger partial charge in [0.15, 0.2) is 0 Å². The lowest BCUT2D eigenvalue weighted by molar-refractivity contribution is 0.0567. The Morgan fingerprint density at radius 2 is 2.03 bits per heavy atom. The number of rotatable bonds is 10. The van der Waals surface area contributed by atoms with Gasteiger partial charge in [-0.25, -0.2) is 4.98 Å². The number of hydrogen-bond acceptors (Lipinski definition) is 7. The van der Waals surface area contributed by atoms with Crippen molar-refractivity contribution in [2.24, 2.45) is 0 Å². The zero-order valence-electron chi connectivity index (χ0n) is 20.7. The number of piperidine rings is 1. The monoisotopic (exact) mass is 478 g/mol. The summed E-state index contributed by atoms with van der Waals surface area (Å²) in [5.74, 6) is 1.06. The first-order chi connectivity index (χ1) is 17.1. The smallest absolute Gasteiger partial charge is 0.273 e. The van der Waals surface area contributed by atoms with E-state index in [-0.39, 0.29) is 18.0 Å². The summed E-state index contributed by atoms with van der Waals surface area (Å²) in [6.07, 6.45) is 3.75. The molecule has 8 heteroatoms. The van der Waals surface area contributed by atoms with Crippen molar-refractivity contribution in [1.82, 2.24) is 20.2 Å². The van der Waals surface area contributed by atoms with E-state index >= 15 is 0 Å². The van der Waals surface area contributed by atoms with E-state index in [4.69, 9.17) is 19.2 Å². The minimum absolute atomic E-state index is 0.0402. The number of hydrogen-bond donors (Lipinski definition) is 1. The average Bonchev–Trinajstić information content (AvgIpc) is 2.88. The van der Waals surface area contributed by atoms with Gasteiger partial charge in [0.25, 0.3) is 5.91 Å². The molecule has 1 saturated heterocycles. The van der Waals surface area contributed by atoms with Crippen LogP contribution in [0.25, 0.3) is 10.9 Å². The Labute approximate surface area is 206 Å². The molecule has 3 aromatic rings. The molecule has 1 N–H and O–H groups in total. The summed E-state index contributed by atoms with van der Waals surface area (Å²) in [5, 5.41) is 4.20. The van der Waals surface area contributed by atoms with Gasteiger partial charge in [0.05, 0.1) is 12.3 Å². The maximum Gasteiger partial charge on any atom is 0.273 e. The number of aromatic nitrogens is 2. The van der Waals surface area contributed by atoms with E-state index < -0.39 is 0 Å². The summed E-state index contributed by atoms with van der Waals surface area (Å²) in [7, 11) is 1.63. The highest BCUT2D eigenvalue weighted by atomic mass is 16.5. The molecule has 0 saturated carbocycles. The second-order valence-corrected chi connectivity index (χ2v) is 8.92. The summed E-state index contributed by atoms with van der Waals surface area (Å²) >= 11 is 0. The van der Waals surface area contributed by atoms with E-state index in [0.717, 1.165) is 37.0 Å². The van der Waals surface area contributed by atoms with E-state index in [0.29, 0.717) is 42.5 Å². The molecule has 1 aliphatic heterocycles. The molecular weight excluding hydrogens is 444 g/mol. The number of para-hydroxylation sites is 1. The van der Waals surface area contributed by atoms with Crippen LogP contribution in [-0.4, -0.2) is 66.3 Å². The van der Waals surface area contributed by atoms with Gasteiger partial charge in [-0.2, -0.15) is 0 Å². The second kappa shape index (κ2) is 12.0. The fourth-order valence-corrected chi connectivity index (χ4v) is 4.43. The van der Waals surface area contributed by atoms with Gasteiger partial charge >= 0.3 is 0 Å². The van der Waals surface area contributed by atoms with E-state index in [1.54, 1.807) is 19.4 Å². The number of nitrogens with one attached hydrogen (secondary N) is 1. The molecule has 1 fully saturated rings. The van der Waals surface area contributed by atoms with Gasteiger partial charge in [-0.3, -0.25) is 9.78 Å². The summed E-state index contributed by atoms with van der Waals surface area (Å²) in [5.41, 5.74) is 1.74. The molecule has 0 aliphatic carbocycles. The number of carbonyl (C=O) groups excluding carboxylic acids is 1. The first-order valence-corrected chi connectivity index (χ1v) is 12.2. The Hall–Kier alpha value is -3.23. The Bertz CT molecular complexity index is 1120. The minimum Gasteiger partial charge on any atom is -0.490 e. The number of pyridine rings is 2. The molecular formula is C27H34N4O4. The Balaban J connectivity index is 1.71. The number of ether oxygens (including phenoxy) is 3. The molecule has 1 atom stereocenters. The zero-order valence-corrected chi connectivity index (χ0v) is 20.7. The molecule has 0 spiro atoms. The zero-order chi connectivity index (χ0) is 24.6. The van der Waals surface area contributed by atoms with Crippen LogP contribution in [0.15, 0.2) is 48.7 Å². The van der Waals surface area contributed by atoms with Gasteiger partial charge in [0.2, 0.25) is 0 Å². The van der Waals surface area contributed by atoms with Gasteiger partial charge in [-0.15, -0.1) is 0 Å². The normalized spacial score (nSPS) is 15.8. The molecule has 0 radical (unpaired) electrons. The molecule has 8 nitrogen and oxygen atoms in total. The predicted octanol–water partition coefficient (Wildman–Crippen LogP) is 3.84. The van der Waals surface area contributed by atoms with Crippen molar-refractivity contribution in [3.63, 3.8) is 0 Å². The maximum atomic E-state index is 13.8. The maximum absolute atomic E-state index is 13.8. The standard InChI is InChI=1S/C27H34N4O4/c1-19(2)31(21-9-7-12-28-17-21)27(32)23-16-25(34-15-14-33-3)22-10-6-11-24(26(22)30-23)35-18-20-8-4-5-13-29-20/h4-6,8,10-11,13,16,19,21,28H,7,9,12,14-15,17-18H2,1-3H3/t21-/m1/s1. The quantitative estimate of drug-likeness (QED) is 0.443. The SMILES string of the molecule is COCCOc1cc(C(=O)N(C(C)C)[C@@H]2CCCNC2)nc2c(OCc3ccccn3)cccc12. The molecule has 186 valence electrons. The third-order valence-electron chi connectivity index (χ3n) is 6.09. The van der Waals surface area contributed by atoms with Gasteiger partial charge < -0.3 is 24.4 Å². The molecule has 0 unspecified atom stereocenters. The van der Waals surface area contributed by atoms with Gasteiger partial charge in [0, 0.05) is 43.4 Å². The second-order valence-electron chi connectivity index (χ2n) is 8.92.